The summed E-state index contributed by atoms with van der Waals surface area (Å²) in [6.45, 7) is 6.52. The van der Waals surface area contributed by atoms with Crippen molar-refractivity contribution in [2.24, 2.45) is 0 Å². The van der Waals surface area contributed by atoms with E-state index in [0.717, 1.165) is 28.7 Å². The van der Waals surface area contributed by atoms with Crippen LogP contribution in [0.5, 0.6) is 0 Å². The van der Waals surface area contributed by atoms with Gasteiger partial charge in [0.15, 0.2) is 0 Å². The summed E-state index contributed by atoms with van der Waals surface area (Å²) in [6.07, 6.45) is -1.85. The number of aryl methyl sites for hydroxylation is 1. The van der Waals surface area contributed by atoms with Gasteiger partial charge in [-0.05, 0) is 53.1 Å². The van der Waals surface area contributed by atoms with Crippen molar-refractivity contribution in [2.75, 3.05) is 6.61 Å². The molecule has 0 amide bonds. The smallest absolute Gasteiger partial charge is 0.225 e. The highest BCUT2D eigenvalue weighted by Gasteiger charge is 2.55. The second-order valence-corrected chi connectivity index (χ2v) is 8.64. The van der Waals surface area contributed by atoms with E-state index in [9.17, 15) is 15.3 Å². The number of benzene rings is 2. The second kappa shape index (κ2) is 7.82. The molecule has 2 aliphatic rings. The zero-order valence-electron chi connectivity index (χ0n) is 17.3. The van der Waals surface area contributed by atoms with Crippen molar-refractivity contribution < 1.29 is 24.8 Å². The van der Waals surface area contributed by atoms with Crippen LogP contribution < -0.4 is 0 Å². The highest BCUT2D eigenvalue weighted by molar-refractivity contribution is 5.45. The van der Waals surface area contributed by atoms with E-state index < -0.39 is 24.1 Å². The maximum absolute atomic E-state index is 10.7. The lowest BCUT2D eigenvalue weighted by atomic mass is 9.86. The number of ether oxygens (including phenoxy) is 2. The van der Waals surface area contributed by atoms with Crippen LogP contribution in [0.25, 0.3) is 0 Å². The molecule has 2 heterocycles. The minimum Gasteiger partial charge on any atom is -0.394 e. The van der Waals surface area contributed by atoms with Gasteiger partial charge in [0, 0.05) is 12.0 Å². The lowest BCUT2D eigenvalue weighted by Crippen LogP contribution is -2.56. The maximum atomic E-state index is 10.7. The Balaban J connectivity index is 1.68. The van der Waals surface area contributed by atoms with Gasteiger partial charge >= 0.3 is 0 Å². The van der Waals surface area contributed by atoms with Crippen LogP contribution in [0, 0.1) is 6.92 Å². The van der Waals surface area contributed by atoms with E-state index in [-0.39, 0.29) is 13.0 Å². The van der Waals surface area contributed by atoms with Gasteiger partial charge in [0.05, 0.1) is 25.4 Å². The molecule has 1 spiro atoms. The average molecular weight is 398 g/mol. The predicted molar refractivity (Wildman–Crippen MR) is 110 cm³/mol. The van der Waals surface area contributed by atoms with Gasteiger partial charge in [-0.2, -0.15) is 0 Å². The minimum absolute atomic E-state index is 0.180. The Morgan fingerprint density at radius 1 is 1.14 bits per heavy atom. The maximum Gasteiger partial charge on any atom is 0.225 e. The third kappa shape index (κ3) is 3.62. The zero-order valence-corrected chi connectivity index (χ0v) is 17.3. The number of rotatable bonds is 4. The third-order valence-electron chi connectivity index (χ3n) is 6.22. The monoisotopic (exact) mass is 398 g/mol. The van der Waals surface area contributed by atoms with Crippen LogP contribution in [0.1, 0.15) is 59.6 Å². The molecule has 4 rings (SSSR count). The Labute approximate surface area is 171 Å². The molecule has 156 valence electrons. The molecule has 1 saturated heterocycles. The van der Waals surface area contributed by atoms with E-state index in [1.165, 1.54) is 11.1 Å². The van der Waals surface area contributed by atoms with Crippen LogP contribution >= 0.6 is 0 Å². The molecule has 0 aromatic heterocycles. The van der Waals surface area contributed by atoms with Gasteiger partial charge in [-0.3, -0.25) is 0 Å². The largest absolute Gasteiger partial charge is 0.394 e. The van der Waals surface area contributed by atoms with E-state index >= 15 is 0 Å². The van der Waals surface area contributed by atoms with Crippen molar-refractivity contribution in [3.8, 4) is 0 Å². The molecule has 2 aromatic carbocycles. The summed E-state index contributed by atoms with van der Waals surface area (Å²) in [4.78, 5) is 0. The van der Waals surface area contributed by atoms with Crippen molar-refractivity contribution in [1.82, 2.24) is 0 Å². The van der Waals surface area contributed by atoms with E-state index in [0.29, 0.717) is 12.5 Å². The molecule has 5 nitrogen and oxygen atoms in total. The van der Waals surface area contributed by atoms with Crippen molar-refractivity contribution >= 4 is 0 Å². The summed E-state index contributed by atoms with van der Waals surface area (Å²) >= 11 is 0. The van der Waals surface area contributed by atoms with Gasteiger partial charge in [-0.1, -0.05) is 44.2 Å². The number of hydrogen-bond donors (Lipinski definition) is 3. The second-order valence-electron chi connectivity index (χ2n) is 8.64. The Morgan fingerprint density at radius 2 is 1.86 bits per heavy atom. The van der Waals surface area contributed by atoms with Gasteiger partial charge in [0.2, 0.25) is 5.79 Å². The summed E-state index contributed by atoms with van der Waals surface area (Å²) in [6, 6.07) is 12.8. The molecule has 5 heteroatoms. The van der Waals surface area contributed by atoms with Crippen molar-refractivity contribution in [3.05, 3.63) is 69.8 Å². The van der Waals surface area contributed by atoms with Crippen LogP contribution in [-0.4, -0.2) is 40.2 Å². The van der Waals surface area contributed by atoms with Gasteiger partial charge in [0.1, 0.15) is 6.10 Å². The molecule has 0 aliphatic carbocycles. The minimum atomic E-state index is -1.43. The van der Waals surface area contributed by atoms with Gasteiger partial charge in [-0.15, -0.1) is 0 Å². The molecule has 0 radical (unpaired) electrons. The summed E-state index contributed by atoms with van der Waals surface area (Å²) in [5, 5.41) is 30.6. The van der Waals surface area contributed by atoms with Crippen molar-refractivity contribution in [1.29, 1.82) is 0 Å². The van der Waals surface area contributed by atoms with E-state index in [1.54, 1.807) is 0 Å². The Bertz CT molecular complexity index is 876. The van der Waals surface area contributed by atoms with E-state index in [1.807, 2.05) is 6.07 Å². The molecule has 2 aromatic rings. The quantitative estimate of drug-likeness (QED) is 0.738. The summed E-state index contributed by atoms with van der Waals surface area (Å²) in [5.41, 5.74) is 6.51. The highest BCUT2D eigenvalue weighted by atomic mass is 16.7. The van der Waals surface area contributed by atoms with E-state index in [2.05, 4.69) is 51.1 Å². The number of hydrogen-bond acceptors (Lipinski definition) is 5. The summed E-state index contributed by atoms with van der Waals surface area (Å²) in [7, 11) is 0. The first kappa shape index (κ1) is 20.5. The first-order valence-corrected chi connectivity index (χ1v) is 10.3. The van der Waals surface area contributed by atoms with Crippen molar-refractivity contribution in [2.45, 2.75) is 70.2 Å². The molecule has 1 fully saturated rings. The molecule has 4 atom stereocenters. The molecule has 3 N–H and O–H groups in total. The Morgan fingerprint density at radius 3 is 2.52 bits per heavy atom. The normalized spacial score (nSPS) is 28.9. The molecular formula is C24H30O5. The molecule has 0 bridgehead atoms. The first-order valence-electron chi connectivity index (χ1n) is 10.3. The predicted octanol–water partition coefficient (Wildman–Crippen LogP) is 2.90. The standard InChI is InChI=1S/C24H30O5/c1-14(2)17-6-4-16(5-7-17)9-18-10-21-19(8-15(18)3)13-28-24(21)23(27)22(26)11-20(12-25)29-24/h4-8,10,14,20,22-23,25-27H,9,11-13H2,1-3H3/t20-,22-,23+,24-/m0/s1. The number of aliphatic hydroxyl groups excluding tert-OH is 3. The number of aliphatic hydroxyl groups is 3. The lowest BCUT2D eigenvalue weighted by Gasteiger charge is -2.43. The van der Waals surface area contributed by atoms with Crippen LogP contribution in [0.3, 0.4) is 0 Å². The van der Waals surface area contributed by atoms with Crippen LogP contribution in [0.4, 0.5) is 0 Å². The first-order chi connectivity index (χ1) is 13.8. The van der Waals surface area contributed by atoms with Gasteiger partial charge in [0.25, 0.3) is 0 Å². The molecule has 2 aliphatic heterocycles. The topological polar surface area (TPSA) is 79.2 Å². The van der Waals surface area contributed by atoms with Crippen LogP contribution in [0.15, 0.2) is 36.4 Å². The summed E-state index contributed by atoms with van der Waals surface area (Å²) < 4.78 is 11.9. The fourth-order valence-electron chi connectivity index (χ4n) is 4.42. The lowest BCUT2D eigenvalue weighted by molar-refractivity contribution is -0.347. The molecule has 0 unspecified atom stereocenters. The van der Waals surface area contributed by atoms with Gasteiger partial charge < -0.3 is 24.8 Å². The third-order valence-corrected chi connectivity index (χ3v) is 6.22. The molecular weight excluding hydrogens is 368 g/mol. The fourth-order valence-corrected chi connectivity index (χ4v) is 4.42. The number of fused-ring (bicyclic) bond motifs is 2. The molecule has 29 heavy (non-hydrogen) atoms. The van der Waals surface area contributed by atoms with Crippen LogP contribution in [0.2, 0.25) is 0 Å². The van der Waals surface area contributed by atoms with E-state index in [4.69, 9.17) is 9.47 Å². The summed E-state index contributed by atoms with van der Waals surface area (Å²) in [5.74, 6) is -0.928. The Hall–Kier alpha value is -1.76. The average Bonchev–Trinajstić information content (AvgIpc) is 3.04. The van der Waals surface area contributed by atoms with Gasteiger partial charge in [-0.25, -0.2) is 0 Å². The Kier molecular flexibility index (Phi) is 5.53. The zero-order chi connectivity index (χ0) is 20.8. The van der Waals surface area contributed by atoms with Crippen LogP contribution in [-0.2, 0) is 28.3 Å². The van der Waals surface area contributed by atoms with Crippen molar-refractivity contribution in [3.63, 3.8) is 0 Å². The highest BCUT2D eigenvalue weighted by Crippen LogP contribution is 2.46. The fraction of sp³-hybridized carbons (Fsp3) is 0.500. The SMILES string of the molecule is Cc1cc2c(cc1Cc1ccc(C(C)C)cc1)[C@]1(OC2)O[C@H](CO)C[C@H](O)[C@H]1O. The molecule has 0 saturated carbocycles.